The third kappa shape index (κ3) is 5.60. The van der Waals surface area contributed by atoms with Crippen LogP contribution in [0.15, 0.2) is 18.3 Å². The molecule has 108 valence electrons. The maximum absolute atomic E-state index is 4.33. The van der Waals surface area contributed by atoms with Crippen molar-refractivity contribution in [1.82, 2.24) is 9.88 Å². The SMILES string of the molecule is CCCCN(Cc1ccnc(NCC)c1)C(C)CC. The van der Waals surface area contributed by atoms with Crippen LogP contribution in [0.2, 0.25) is 0 Å². The highest BCUT2D eigenvalue weighted by Crippen LogP contribution is 2.14. The Morgan fingerprint density at radius 1 is 1.32 bits per heavy atom. The van der Waals surface area contributed by atoms with E-state index in [9.17, 15) is 0 Å². The summed E-state index contributed by atoms with van der Waals surface area (Å²) in [7, 11) is 0. The van der Waals surface area contributed by atoms with Crippen molar-refractivity contribution in [2.24, 2.45) is 0 Å². The Labute approximate surface area is 118 Å². The standard InChI is InChI=1S/C16H29N3/c1-5-8-11-19(14(4)6-2)13-15-9-10-18-16(12-15)17-7-3/h9-10,12,14H,5-8,11,13H2,1-4H3,(H,17,18). The summed E-state index contributed by atoms with van der Waals surface area (Å²) in [5.41, 5.74) is 1.35. The first-order valence-corrected chi connectivity index (χ1v) is 7.64. The van der Waals surface area contributed by atoms with Crippen LogP contribution in [-0.4, -0.2) is 29.0 Å². The van der Waals surface area contributed by atoms with Gasteiger partial charge in [0.2, 0.25) is 0 Å². The van der Waals surface area contributed by atoms with E-state index in [1.807, 2.05) is 6.20 Å². The van der Waals surface area contributed by atoms with Crippen molar-refractivity contribution in [3.05, 3.63) is 23.9 Å². The zero-order chi connectivity index (χ0) is 14.1. The van der Waals surface area contributed by atoms with E-state index in [0.29, 0.717) is 6.04 Å². The van der Waals surface area contributed by atoms with E-state index in [4.69, 9.17) is 0 Å². The molecule has 0 amide bonds. The maximum Gasteiger partial charge on any atom is 0.126 e. The molecule has 3 heteroatoms. The predicted octanol–water partition coefficient (Wildman–Crippen LogP) is 3.91. The van der Waals surface area contributed by atoms with Crippen molar-refractivity contribution >= 4 is 5.82 Å². The molecule has 1 atom stereocenters. The van der Waals surface area contributed by atoms with Crippen LogP contribution < -0.4 is 5.32 Å². The van der Waals surface area contributed by atoms with Crippen molar-refractivity contribution in [3.63, 3.8) is 0 Å². The average Bonchev–Trinajstić information content (AvgIpc) is 2.43. The number of pyridine rings is 1. The Bertz CT molecular complexity index is 352. The fraction of sp³-hybridized carbons (Fsp3) is 0.688. The van der Waals surface area contributed by atoms with Gasteiger partial charge in [0.1, 0.15) is 5.82 Å². The number of anilines is 1. The molecule has 3 nitrogen and oxygen atoms in total. The van der Waals surface area contributed by atoms with E-state index in [1.54, 1.807) is 0 Å². The topological polar surface area (TPSA) is 28.2 Å². The van der Waals surface area contributed by atoms with Gasteiger partial charge in [-0.1, -0.05) is 20.3 Å². The molecule has 0 saturated heterocycles. The Balaban J connectivity index is 2.68. The van der Waals surface area contributed by atoms with Gasteiger partial charge in [0, 0.05) is 25.3 Å². The largest absolute Gasteiger partial charge is 0.370 e. The van der Waals surface area contributed by atoms with Gasteiger partial charge >= 0.3 is 0 Å². The molecular formula is C16H29N3. The van der Waals surface area contributed by atoms with Gasteiger partial charge in [-0.25, -0.2) is 4.98 Å². The lowest BCUT2D eigenvalue weighted by molar-refractivity contribution is 0.192. The van der Waals surface area contributed by atoms with E-state index < -0.39 is 0 Å². The number of nitrogens with zero attached hydrogens (tertiary/aromatic N) is 2. The van der Waals surface area contributed by atoms with E-state index >= 15 is 0 Å². The summed E-state index contributed by atoms with van der Waals surface area (Å²) < 4.78 is 0. The Kier molecular flexibility index (Phi) is 7.49. The predicted molar refractivity (Wildman–Crippen MR) is 83.5 cm³/mol. The van der Waals surface area contributed by atoms with Crippen LogP contribution in [0.1, 0.15) is 52.5 Å². The number of hydrogen-bond acceptors (Lipinski definition) is 3. The van der Waals surface area contributed by atoms with Gasteiger partial charge in [0.15, 0.2) is 0 Å². The van der Waals surface area contributed by atoms with Crippen molar-refractivity contribution in [2.75, 3.05) is 18.4 Å². The van der Waals surface area contributed by atoms with Crippen LogP contribution >= 0.6 is 0 Å². The maximum atomic E-state index is 4.33. The molecule has 1 heterocycles. The van der Waals surface area contributed by atoms with Crippen molar-refractivity contribution in [3.8, 4) is 0 Å². The van der Waals surface area contributed by atoms with Gasteiger partial charge in [0.05, 0.1) is 0 Å². The molecule has 1 aromatic rings. The lowest BCUT2D eigenvalue weighted by Crippen LogP contribution is -2.33. The highest BCUT2D eigenvalue weighted by molar-refractivity contribution is 5.37. The summed E-state index contributed by atoms with van der Waals surface area (Å²) in [5.74, 6) is 0.986. The summed E-state index contributed by atoms with van der Waals surface area (Å²) in [5, 5.41) is 3.28. The fourth-order valence-electron chi connectivity index (χ4n) is 2.16. The zero-order valence-electron chi connectivity index (χ0n) is 12.9. The quantitative estimate of drug-likeness (QED) is 0.732. The van der Waals surface area contributed by atoms with Crippen molar-refractivity contribution in [2.45, 2.75) is 59.5 Å². The molecule has 1 rings (SSSR count). The summed E-state index contributed by atoms with van der Waals surface area (Å²) in [6.45, 7) is 12.1. The van der Waals surface area contributed by atoms with Crippen LogP contribution in [0.3, 0.4) is 0 Å². The van der Waals surface area contributed by atoms with Gasteiger partial charge < -0.3 is 5.32 Å². The molecule has 1 unspecified atom stereocenters. The lowest BCUT2D eigenvalue weighted by Gasteiger charge is -2.28. The normalized spacial score (nSPS) is 12.7. The highest BCUT2D eigenvalue weighted by Gasteiger charge is 2.12. The van der Waals surface area contributed by atoms with Crippen molar-refractivity contribution < 1.29 is 0 Å². The molecule has 0 radical (unpaired) electrons. The molecule has 0 aliphatic rings. The Hall–Kier alpha value is -1.09. The molecule has 0 spiro atoms. The molecule has 0 saturated carbocycles. The number of rotatable bonds is 9. The van der Waals surface area contributed by atoms with Crippen LogP contribution in [0, 0.1) is 0 Å². The van der Waals surface area contributed by atoms with Gasteiger partial charge in [0.25, 0.3) is 0 Å². The Morgan fingerprint density at radius 3 is 2.74 bits per heavy atom. The second-order valence-electron chi connectivity index (χ2n) is 5.16. The molecule has 0 aromatic carbocycles. The van der Waals surface area contributed by atoms with Gasteiger partial charge in [-0.3, -0.25) is 4.90 Å². The summed E-state index contributed by atoms with van der Waals surface area (Å²) in [4.78, 5) is 6.91. The minimum atomic E-state index is 0.641. The smallest absolute Gasteiger partial charge is 0.126 e. The molecular weight excluding hydrogens is 234 g/mol. The first-order chi connectivity index (χ1) is 9.21. The monoisotopic (exact) mass is 263 g/mol. The Morgan fingerprint density at radius 2 is 2.11 bits per heavy atom. The number of unbranched alkanes of at least 4 members (excludes halogenated alkanes) is 1. The van der Waals surface area contributed by atoms with Crippen LogP contribution in [0.4, 0.5) is 5.82 Å². The number of aromatic nitrogens is 1. The van der Waals surface area contributed by atoms with Gasteiger partial charge in [-0.15, -0.1) is 0 Å². The molecule has 0 fully saturated rings. The summed E-state index contributed by atoms with van der Waals surface area (Å²) in [6, 6.07) is 4.94. The third-order valence-electron chi connectivity index (χ3n) is 3.58. The minimum Gasteiger partial charge on any atom is -0.370 e. The molecule has 19 heavy (non-hydrogen) atoms. The minimum absolute atomic E-state index is 0.641. The molecule has 0 aliphatic carbocycles. The molecule has 0 aliphatic heterocycles. The molecule has 0 bridgehead atoms. The van der Waals surface area contributed by atoms with E-state index in [0.717, 1.165) is 18.9 Å². The third-order valence-corrected chi connectivity index (χ3v) is 3.58. The second kappa shape index (κ2) is 8.92. The molecule has 1 N–H and O–H groups in total. The zero-order valence-corrected chi connectivity index (χ0v) is 12.9. The van der Waals surface area contributed by atoms with Gasteiger partial charge in [-0.2, -0.15) is 0 Å². The van der Waals surface area contributed by atoms with Crippen LogP contribution in [0.25, 0.3) is 0 Å². The highest BCUT2D eigenvalue weighted by atomic mass is 15.1. The number of nitrogens with one attached hydrogen (secondary N) is 1. The van der Waals surface area contributed by atoms with E-state index in [2.05, 4.69) is 55.0 Å². The van der Waals surface area contributed by atoms with Gasteiger partial charge in [-0.05, 0) is 50.9 Å². The number of hydrogen-bond donors (Lipinski definition) is 1. The lowest BCUT2D eigenvalue weighted by atomic mass is 10.1. The first-order valence-electron chi connectivity index (χ1n) is 7.64. The van der Waals surface area contributed by atoms with Crippen molar-refractivity contribution in [1.29, 1.82) is 0 Å². The molecule has 1 aromatic heterocycles. The summed E-state index contributed by atoms with van der Waals surface area (Å²) in [6.07, 6.45) is 5.64. The van der Waals surface area contributed by atoms with E-state index in [1.165, 1.54) is 31.4 Å². The average molecular weight is 263 g/mol. The summed E-state index contributed by atoms with van der Waals surface area (Å²) >= 11 is 0. The first kappa shape index (κ1) is 16.0. The fourth-order valence-corrected chi connectivity index (χ4v) is 2.16. The van der Waals surface area contributed by atoms with Crippen LogP contribution in [-0.2, 0) is 6.54 Å². The second-order valence-corrected chi connectivity index (χ2v) is 5.16. The van der Waals surface area contributed by atoms with Crippen LogP contribution in [0.5, 0.6) is 0 Å². The van der Waals surface area contributed by atoms with E-state index in [-0.39, 0.29) is 0 Å².